The fourth-order valence-corrected chi connectivity index (χ4v) is 3.24. The van der Waals surface area contributed by atoms with Crippen molar-refractivity contribution in [3.63, 3.8) is 0 Å². The Labute approximate surface area is 106 Å². The van der Waals surface area contributed by atoms with Crippen molar-refractivity contribution in [1.29, 1.82) is 0 Å². The Hall–Kier alpha value is -1.84. The van der Waals surface area contributed by atoms with E-state index in [-0.39, 0.29) is 17.9 Å². The second kappa shape index (κ2) is 4.12. The van der Waals surface area contributed by atoms with Crippen molar-refractivity contribution in [1.82, 2.24) is 10.6 Å². The van der Waals surface area contributed by atoms with E-state index in [1.54, 1.807) is 0 Å². The number of carbonyl (C=O) groups is 2. The number of hydrogen-bond donors (Lipinski definition) is 2. The smallest absolute Gasteiger partial charge is 0.322 e. The Bertz CT molecular complexity index is 486. The fourth-order valence-electron chi connectivity index (χ4n) is 3.24. The van der Waals surface area contributed by atoms with E-state index in [4.69, 9.17) is 0 Å². The lowest BCUT2D eigenvalue weighted by Crippen LogP contribution is -2.53. The first-order valence-electron chi connectivity index (χ1n) is 6.41. The highest BCUT2D eigenvalue weighted by molar-refractivity contribution is 6.07. The average Bonchev–Trinajstić information content (AvgIpc) is 2.66. The molecule has 2 atom stereocenters. The van der Waals surface area contributed by atoms with E-state index in [0.29, 0.717) is 0 Å². The summed E-state index contributed by atoms with van der Waals surface area (Å²) in [7, 11) is 0. The van der Waals surface area contributed by atoms with Gasteiger partial charge >= 0.3 is 6.03 Å². The van der Waals surface area contributed by atoms with Crippen LogP contribution in [0.1, 0.15) is 37.2 Å². The third-order valence-electron chi connectivity index (χ3n) is 4.08. The zero-order chi connectivity index (χ0) is 12.6. The number of benzene rings is 1. The predicted molar refractivity (Wildman–Crippen MR) is 67.1 cm³/mol. The maximum atomic E-state index is 12.2. The summed E-state index contributed by atoms with van der Waals surface area (Å²) in [6.07, 6.45) is 3.75. The summed E-state index contributed by atoms with van der Waals surface area (Å²) in [6, 6.07) is 9.64. The van der Waals surface area contributed by atoms with Crippen LogP contribution in [0.25, 0.3) is 0 Å². The molecule has 1 saturated heterocycles. The first kappa shape index (κ1) is 11.3. The molecule has 3 amide bonds. The quantitative estimate of drug-likeness (QED) is 0.741. The number of hydrogen-bond acceptors (Lipinski definition) is 2. The van der Waals surface area contributed by atoms with Crippen LogP contribution < -0.4 is 10.6 Å². The third-order valence-corrected chi connectivity index (χ3v) is 4.08. The summed E-state index contributed by atoms with van der Waals surface area (Å²) >= 11 is 0. The van der Waals surface area contributed by atoms with E-state index in [9.17, 15) is 9.59 Å². The van der Waals surface area contributed by atoms with Crippen LogP contribution in [0.4, 0.5) is 4.79 Å². The Morgan fingerprint density at radius 1 is 1.11 bits per heavy atom. The molecule has 1 aromatic carbocycles. The SMILES string of the molecule is O=C1NC(=O)C2(CCCCC2c2ccccc2)N1. The molecule has 2 aliphatic rings. The van der Waals surface area contributed by atoms with Crippen LogP contribution in [0.5, 0.6) is 0 Å². The fraction of sp³-hybridized carbons (Fsp3) is 0.429. The number of imide groups is 1. The van der Waals surface area contributed by atoms with E-state index < -0.39 is 5.54 Å². The molecule has 0 radical (unpaired) electrons. The highest BCUT2D eigenvalue weighted by Crippen LogP contribution is 2.42. The van der Waals surface area contributed by atoms with Gasteiger partial charge in [-0.1, -0.05) is 43.2 Å². The minimum Gasteiger partial charge on any atom is -0.323 e. The molecule has 1 aliphatic carbocycles. The number of nitrogens with one attached hydrogen (secondary N) is 2. The molecule has 1 aromatic rings. The molecule has 1 heterocycles. The normalized spacial score (nSPS) is 31.2. The second-order valence-corrected chi connectivity index (χ2v) is 5.09. The third kappa shape index (κ3) is 1.60. The lowest BCUT2D eigenvalue weighted by molar-refractivity contribution is -0.125. The molecule has 4 nitrogen and oxygen atoms in total. The molecule has 3 rings (SSSR count). The first-order chi connectivity index (χ1) is 8.72. The van der Waals surface area contributed by atoms with Gasteiger partial charge in [-0.2, -0.15) is 0 Å². The van der Waals surface area contributed by atoms with Gasteiger partial charge in [0.15, 0.2) is 0 Å². The second-order valence-electron chi connectivity index (χ2n) is 5.09. The standard InChI is InChI=1S/C14H16N2O2/c17-12-14(16-13(18)15-12)9-5-4-8-11(14)10-6-2-1-3-7-10/h1-3,6-7,11H,4-5,8-9H2,(H2,15,16,17,18). The van der Waals surface area contributed by atoms with Gasteiger partial charge in [0.25, 0.3) is 5.91 Å². The molecule has 1 spiro atoms. The van der Waals surface area contributed by atoms with Crippen LogP contribution in [-0.2, 0) is 4.79 Å². The summed E-state index contributed by atoms with van der Waals surface area (Å²) in [5, 5.41) is 5.26. The van der Waals surface area contributed by atoms with Crippen molar-refractivity contribution in [3.8, 4) is 0 Å². The van der Waals surface area contributed by atoms with Crippen LogP contribution in [0.2, 0.25) is 0 Å². The van der Waals surface area contributed by atoms with E-state index in [2.05, 4.69) is 10.6 Å². The minimum absolute atomic E-state index is 0.0823. The highest BCUT2D eigenvalue weighted by Gasteiger charge is 2.52. The molecule has 2 unspecified atom stereocenters. The topological polar surface area (TPSA) is 58.2 Å². The molecule has 2 fully saturated rings. The first-order valence-corrected chi connectivity index (χ1v) is 6.41. The average molecular weight is 244 g/mol. The summed E-state index contributed by atoms with van der Waals surface area (Å²) in [5.41, 5.74) is 0.408. The summed E-state index contributed by atoms with van der Waals surface area (Å²) in [6.45, 7) is 0. The molecule has 94 valence electrons. The summed E-state index contributed by atoms with van der Waals surface area (Å²) in [5.74, 6) is -0.0834. The molecule has 0 aromatic heterocycles. The molecule has 0 bridgehead atoms. The van der Waals surface area contributed by atoms with E-state index in [1.165, 1.54) is 0 Å². The summed E-state index contributed by atoms with van der Waals surface area (Å²) < 4.78 is 0. The lowest BCUT2D eigenvalue weighted by atomic mass is 9.69. The van der Waals surface area contributed by atoms with Crippen LogP contribution in [0, 0.1) is 0 Å². The molecular formula is C14H16N2O2. The molecule has 4 heteroatoms. The minimum atomic E-state index is -0.726. The van der Waals surface area contributed by atoms with Crippen molar-refractivity contribution in [2.75, 3.05) is 0 Å². The Morgan fingerprint density at radius 3 is 2.56 bits per heavy atom. The highest BCUT2D eigenvalue weighted by atomic mass is 16.2. The van der Waals surface area contributed by atoms with Gasteiger partial charge in [-0.3, -0.25) is 10.1 Å². The van der Waals surface area contributed by atoms with Crippen LogP contribution in [-0.4, -0.2) is 17.5 Å². The van der Waals surface area contributed by atoms with Crippen molar-refractivity contribution in [3.05, 3.63) is 35.9 Å². The zero-order valence-electron chi connectivity index (χ0n) is 10.1. The Kier molecular flexibility index (Phi) is 2.58. The zero-order valence-corrected chi connectivity index (χ0v) is 10.1. The largest absolute Gasteiger partial charge is 0.323 e. The maximum Gasteiger partial charge on any atom is 0.322 e. The summed E-state index contributed by atoms with van der Waals surface area (Å²) in [4.78, 5) is 23.6. The van der Waals surface area contributed by atoms with Crippen molar-refractivity contribution >= 4 is 11.9 Å². The van der Waals surface area contributed by atoms with Gasteiger partial charge < -0.3 is 5.32 Å². The lowest BCUT2D eigenvalue weighted by Gasteiger charge is -2.38. The van der Waals surface area contributed by atoms with Crippen LogP contribution >= 0.6 is 0 Å². The van der Waals surface area contributed by atoms with Gasteiger partial charge in [0.05, 0.1) is 0 Å². The van der Waals surface area contributed by atoms with Gasteiger partial charge in [0, 0.05) is 5.92 Å². The maximum absolute atomic E-state index is 12.2. The van der Waals surface area contributed by atoms with Crippen molar-refractivity contribution in [2.45, 2.75) is 37.1 Å². The molecule has 1 aliphatic heterocycles. The molecule has 2 N–H and O–H groups in total. The van der Waals surface area contributed by atoms with E-state index in [0.717, 1.165) is 31.2 Å². The van der Waals surface area contributed by atoms with Crippen LogP contribution in [0.15, 0.2) is 30.3 Å². The van der Waals surface area contributed by atoms with Gasteiger partial charge in [-0.15, -0.1) is 0 Å². The number of rotatable bonds is 1. The van der Waals surface area contributed by atoms with Gasteiger partial charge in [0.2, 0.25) is 0 Å². The number of carbonyl (C=O) groups excluding carboxylic acids is 2. The Morgan fingerprint density at radius 2 is 1.89 bits per heavy atom. The number of urea groups is 1. The number of amides is 3. The molecule has 1 saturated carbocycles. The Balaban J connectivity index is 2.01. The van der Waals surface area contributed by atoms with E-state index in [1.807, 2.05) is 30.3 Å². The van der Waals surface area contributed by atoms with E-state index >= 15 is 0 Å². The van der Waals surface area contributed by atoms with Crippen molar-refractivity contribution in [2.24, 2.45) is 0 Å². The van der Waals surface area contributed by atoms with Gasteiger partial charge in [-0.25, -0.2) is 4.79 Å². The van der Waals surface area contributed by atoms with Gasteiger partial charge in [-0.05, 0) is 18.4 Å². The van der Waals surface area contributed by atoms with Gasteiger partial charge in [0.1, 0.15) is 5.54 Å². The predicted octanol–water partition coefficient (Wildman–Crippen LogP) is 1.92. The van der Waals surface area contributed by atoms with Crippen LogP contribution in [0.3, 0.4) is 0 Å². The monoisotopic (exact) mass is 244 g/mol. The molecular weight excluding hydrogens is 228 g/mol. The molecule has 18 heavy (non-hydrogen) atoms. The van der Waals surface area contributed by atoms with Crippen molar-refractivity contribution < 1.29 is 9.59 Å².